The van der Waals surface area contributed by atoms with Gasteiger partial charge in [0.2, 0.25) is 0 Å². The number of ether oxygens (including phenoxy) is 2. The largest absolute Gasteiger partial charge is 0.353 e. The number of hydrogen-bond acceptors (Lipinski definition) is 4. The van der Waals surface area contributed by atoms with E-state index in [9.17, 15) is 0 Å². The van der Waals surface area contributed by atoms with Crippen molar-refractivity contribution in [2.75, 3.05) is 26.3 Å². The minimum Gasteiger partial charge on any atom is -0.353 e. The van der Waals surface area contributed by atoms with Gasteiger partial charge in [0.15, 0.2) is 6.29 Å². The molecule has 5 nitrogen and oxygen atoms in total. The third-order valence-corrected chi connectivity index (χ3v) is 2.84. The van der Waals surface area contributed by atoms with E-state index in [2.05, 4.69) is 14.9 Å². The van der Waals surface area contributed by atoms with Gasteiger partial charge < -0.3 is 19.4 Å². The Morgan fingerprint density at radius 1 is 1.16 bits per heavy atom. The van der Waals surface area contributed by atoms with Crippen molar-refractivity contribution in [3.63, 3.8) is 0 Å². The van der Waals surface area contributed by atoms with Crippen LogP contribution < -0.4 is 5.32 Å². The lowest BCUT2D eigenvalue weighted by Gasteiger charge is -2.16. The highest BCUT2D eigenvalue weighted by Gasteiger charge is 2.06. The van der Waals surface area contributed by atoms with E-state index in [0.717, 1.165) is 26.1 Å². The number of nitrogens with zero attached hydrogens (tertiary/aromatic N) is 2. The lowest BCUT2D eigenvalue weighted by atomic mass is 10.3. The normalized spacial score (nSPS) is 11.3. The monoisotopic (exact) mass is 269 g/mol. The maximum atomic E-state index is 5.49. The third kappa shape index (κ3) is 7.97. The van der Waals surface area contributed by atoms with Crippen molar-refractivity contribution in [2.24, 2.45) is 0 Å². The first-order valence-electron chi connectivity index (χ1n) is 7.26. The van der Waals surface area contributed by atoms with Crippen LogP contribution in [0, 0.1) is 0 Å². The Labute approximate surface area is 116 Å². The summed E-state index contributed by atoms with van der Waals surface area (Å²) in [6.45, 7) is 8.42. The van der Waals surface area contributed by atoms with E-state index in [4.69, 9.17) is 9.47 Å². The number of hydrogen-bond donors (Lipinski definition) is 1. The highest BCUT2D eigenvalue weighted by molar-refractivity contribution is 4.73. The van der Waals surface area contributed by atoms with E-state index in [1.54, 1.807) is 0 Å². The molecule has 0 atom stereocenters. The SMILES string of the molecule is CCOC(CCNCCCCn1ccnc1)OCC. The molecule has 0 amide bonds. The molecule has 1 rings (SSSR count). The van der Waals surface area contributed by atoms with Crippen LogP contribution in [0.1, 0.15) is 33.1 Å². The van der Waals surface area contributed by atoms with Gasteiger partial charge in [0.25, 0.3) is 0 Å². The number of aromatic nitrogens is 2. The van der Waals surface area contributed by atoms with E-state index < -0.39 is 0 Å². The minimum absolute atomic E-state index is 0.0616. The maximum absolute atomic E-state index is 5.49. The number of imidazole rings is 1. The van der Waals surface area contributed by atoms with Crippen LogP contribution in [0.5, 0.6) is 0 Å². The van der Waals surface area contributed by atoms with Crippen molar-refractivity contribution in [2.45, 2.75) is 45.9 Å². The summed E-state index contributed by atoms with van der Waals surface area (Å²) in [4.78, 5) is 4.02. The highest BCUT2D eigenvalue weighted by atomic mass is 16.7. The fourth-order valence-corrected chi connectivity index (χ4v) is 1.89. The van der Waals surface area contributed by atoms with Crippen molar-refractivity contribution >= 4 is 0 Å². The van der Waals surface area contributed by atoms with Gasteiger partial charge in [-0.3, -0.25) is 0 Å². The molecule has 1 heterocycles. The first-order valence-corrected chi connectivity index (χ1v) is 7.26. The Bertz CT molecular complexity index is 285. The molecule has 1 aromatic rings. The van der Waals surface area contributed by atoms with Crippen LogP contribution >= 0.6 is 0 Å². The Hall–Kier alpha value is -0.910. The molecule has 1 aromatic heterocycles. The average molecular weight is 269 g/mol. The molecule has 0 radical (unpaired) electrons. The summed E-state index contributed by atoms with van der Waals surface area (Å²) in [6, 6.07) is 0. The molecule has 19 heavy (non-hydrogen) atoms. The van der Waals surface area contributed by atoms with Crippen LogP contribution in [0.3, 0.4) is 0 Å². The highest BCUT2D eigenvalue weighted by Crippen LogP contribution is 2.00. The molecule has 0 fully saturated rings. The summed E-state index contributed by atoms with van der Waals surface area (Å²) in [5.74, 6) is 0. The second-order valence-electron chi connectivity index (χ2n) is 4.39. The van der Waals surface area contributed by atoms with Gasteiger partial charge in [-0.1, -0.05) is 0 Å². The minimum atomic E-state index is -0.0616. The molecule has 0 saturated carbocycles. The Kier molecular flexibility index (Phi) is 9.32. The lowest BCUT2D eigenvalue weighted by Crippen LogP contribution is -2.25. The molecule has 1 N–H and O–H groups in total. The Morgan fingerprint density at radius 2 is 1.95 bits per heavy atom. The molecular formula is C14H27N3O2. The fourth-order valence-electron chi connectivity index (χ4n) is 1.89. The molecule has 0 bridgehead atoms. The zero-order valence-electron chi connectivity index (χ0n) is 12.2. The van der Waals surface area contributed by atoms with E-state index in [-0.39, 0.29) is 6.29 Å². The van der Waals surface area contributed by atoms with Crippen LogP contribution in [-0.4, -0.2) is 42.1 Å². The van der Waals surface area contributed by atoms with Crippen LogP contribution in [0.15, 0.2) is 18.7 Å². The van der Waals surface area contributed by atoms with Crippen molar-refractivity contribution in [3.05, 3.63) is 18.7 Å². The van der Waals surface area contributed by atoms with Crippen molar-refractivity contribution in [3.8, 4) is 0 Å². The van der Waals surface area contributed by atoms with E-state index in [0.29, 0.717) is 13.2 Å². The first kappa shape index (κ1) is 16.1. The molecule has 0 aliphatic carbocycles. The fraction of sp³-hybridized carbons (Fsp3) is 0.786. The molecule has 0 saturated heterocycles. The van der Waals surface area contributed by atoms with Crippen LogP contribution in [-0.2, 0) is 16.0 Å². The van der Waals surface area contributed by atoms with E-state index in [1.165, 1.54) is 12.8 Å². The van der Waals surface area contributed by atoms with Gasteiger partial charge in [-0.2, -0.15) is 0 Å². The van der Waals surface area contributed by atoms with Gasteiger partial charge in [0.05, 0.1) is 6.33 Å². The van der Waals surface area contributed by atoms with Crippen molar-refractivity contribution < 1.29 is 9.47 Å². The number of unbranched alkanes of at least 4 members (excludes halogenated alkanes) is 1. The quantitative estimate of drug-likeness (QED) is 0.466. The standard InChI is InChI=1S/C14H27N3O2/c1-3-18-14(19-4-2)7-9-15-8-5-6-11-17-12-10-16-13-17/h10,12-15H,3-9,11H2,1-2H3. The summed E-state index contributed by atoms with van der Waals surface area (Å²) < 4.78 is 13.1. The van der Waals surface area contributed by atoms with Crippen LogP contribution in [0.4, 0.5) is 0 Å². The summed E-state index contributed by atoms with van der Waals surface area (Å²) in [5, 5.41) is 3.43. The second-order valence-corrected chi connectivity index (χ2v) is 4.39. The van der Waals surface area contributed by atoms with Crippen molar-refractivity contribution in [1.29, 1.82) is 0 Å². The molecule has 5 heteroatoms. The number of nitrogens with one attached hydrogen (secondary N) is 1. The first-order chi connectivity index (χ1) is 9.36. The summed E-state index contributed by atoms with van der Waals surface area (Å²) in [6.07, 6.45) is 8.87. The predicted octanol–water partition coefficient (Wildman–Crippen LogP) is 2.04. The molecular weight excluding hydrogens is 242 g/mol. The van der Waals surface area contributed by atoms with Crippen LogP contribution in [0.25, 0.3) is 0 Å². The van der Waals surface area contributed by atoms with Gasteiger partial charge in [0, 0.05) is 38.6 Å². The van der Waals surface area contributed by atoms with Gasteiger partial charge >= 0.3 is 0 Å². The predicted molar refractivity (Wildman–Crippen MR) is 76.0 cm³/mol. The Balaban J connectivity index is 1.92. The Morgan fingerprint density at radius 3 is 2.58 bits per heavy atom. The summed E-state index contributed by atoms with van der Waals surface area (Å²) in [5.41, 5.74) is 0. The number of rotatable bonds is 12. The molecule has 0 aromatic carbocycles. The van der Waals surface area contributed by atoms with Gasteiger partial charge in [0.1, 0.15) is 0 Å². The van der Waals surface area contributed by atoms with Crippen molar-refractivity contribution in [1.82, 2.24) is 14.9 Å². The molecule has 110 valence electrons. The van der Waals surface area contributed by atoms with Gasteiger partial charge in [-0.25, -0.2) is 4.98 Å². The molecule has 0 unspecified atom stereocenters. The van der Waals surface area contributed by atoms with Crippen LogP contribution in [0.2, 0.25) is 0 Å². The topological polar surface area (TPSA) is 48.3 Å². The summed E-state index contributed by atoms with van der Waals surface area (Å²) in [7, 11) is 0. The smallest absolute Gasteiger partial charge is 0.158 e. The number of aryl methyl sites for hydroxylation is 1. The maximum Gasteiger partial charge on any atom is 0.158 e. The molecule has 0 aliphatic rings. The van der Waals surface area contributed by atoms with E-state index >= 15 is 0 Å². The van der Waals surface area contributed by atoms with E-state index in [1.807, 2.05) is 32.6 Å². The molecule has 0 spiro atoms. The molecule has 0 aliphatic heterocycles. The summed E-state index contributed by atoms with van der Waals surface area (Å²) >= 11 is 0. The average Bonchev–Trinajstić information content (AvgIpc) is 2.91. The van der Waals surface area contributed by atoms with Gasteiger partial charge in [-0.15, -0.1) is 0 Å². The zero-order chi connectivity index (χ0) is 13.8. The zero-order valence-corrected chi connectivity index (χ0v) is 12.2. The third-order valence-electron chi connectivity index (χ3n) is 2.84. The lowest BCUT2D eigenvalue weighted by molar-refractivity contribution is -0.138. The van der Waals surface area contributed by atoms with Gasteiger partial charge in [-0.05, 0) is 39.8 Å². The second kappa shape index (κ2) is 11.0.